The maximum absolute atomic E-state index is 10.4. The first kappa shape index (κ1) is 25.7. The summed E-state index contributed by atoms with van der Waals surface area (Å²) in [6, 6.07) is 2.97. The number of rotatable bonds is 9. The van der Waals surface area contributed by atoms with Gasteiger partial charge >= 0.3 is 0 Å². The van der Waals surface area contributed by atoms with Crippen LogP contribution in [0.4, 0.5) is 0 Å². The number of hydrogen-bond donors (Lipinski definition) is 5. The fraction of sp³-hybridized carbons (Fsp3) is 0.714. The van der Waals surface area contributed by atoms with Crippen molar-refractivity contribution in [1.82, 2.24) is 0 Å². The lowest BCUT2D eigenvalue weighted by molar-refractivity contribution is -0.289. The van der Waals surface area contributed by atoms with E-state index in [9.17, 15) is 25.5 Å². The smallest absolute Gasteiger partial charge is 0.229 e. The second-order valence-electron chi connectivity index (χ2n) is 8.26. The summed E-state index contributed by atoms with van der Waals surface area (Å²) in [5.41, 5.74) is -0.884. The molecule has 1 aromatic carbocycles. The van der Waals surface area contributed by atoms with Crippen LogP contribution in [0.1, 0.15) is 6.92 Å². The molecule has 1 aromatic rings. The second kappa shape index (κ2) is 10.6. The Balaban J connectivity index is 1.71. The molecule has 12 nitrogen and oxygen atoms in total. The van der Waals surface area contributed by atoms with Crippen LogP contribution in [0.25, 0.3) is 0 Å². The monoisotopic (exact) mass is 476 g/mol. The molecule has 2 fully saturated rings. The molecule has 8 unspecified atom stereocenters. The van der Waals surface area contributed by atoms with Crippen LogP contribution in [-0.4, -0.2) is 110 Å². The summed E-state index contributed by atoms with van der Waals surface area (Å²) < 4.78 is 38.1. The average molecular weight is 476 g/mol. The summed E-state index contributed by atoms with van der Waals surface area (Å²) >= 11 is 0. The van der Waals surface area contributed by atoms with Gasteiger partial charge in [-0.15, -0.1) is 0 Å². The summed E-state index contributed by atoms with van der Waals surface area (Å²) in [5.74, 6) is 1.13. The predicted octanol–water partition coefficient (Wildman–Crippen LogP) is -1.37. The molecule has 2 aliphatic rings. The van der Waals surface area contributed by atoms with Crippen LogP contribution in [0.3, 0.4) is 0 Å². The molecule has 12 heteroatoms. The Bertz CT molecular complexity index is 766. The van der Waals surface area contributed by atoms with Crippen LogP contribution in [0.2, 0.25) is 0 Å². The van der Waals surface area contributed by atoms with Crippen molar-refractivity contribution in [2.75, 3.05) is 41.2 Å². The molecule has 8 atom stereocenters. The molecular formula is C21H32O12. The van der Waals surface area contributed by atoms with E-state index in [1.165, 1.54) is 33.5 Å². The minimum absolute atomic E-state index is 0.0810. The van der Waals surface area contributed by atoms with E-state index in [2.05, 4.69) is 0 Å². The lowest BCUT2D eigenvalue weighted by Crippen LogP contribution is -2.60. The van der Waals surface area contributed by atoms with Gasteiger partial charge in [0.1, 0.15) is 36.3 Å². The van der Waals surface area contributed by atoms with Crippen LogP contribution in [-0.2, 0) is 14.2 Å². The Morgan fingerprint density at radius 2 is 1.58 bits per heavy atom. The summed E-state index contributed by atoms with van der Waals surface area (Å²) in [6.45, 7) is 1.14. The average Bonchev–Trinajstić information content (AvgIpc) is 3.11. The van der Waals surface area contributed by atoms with Crippen molar-refractivity contribution in [3.8, 4) is 23.0 Å². The van der Waals surface area contributed by atoms with Crippen molar-refractivity contribution >= 4 is 0 Å². The molecule has 2 saturated heterocycles. The van der Waals surface area contributed by atoms with E-state index in [0.29, 0.717) is 17.2 Å². The standard InChI is InChI=1S/C21H32O12/c1-21(8-22)9-31-20(18(21)26)30-7-13-14(23)15(24)16(25)19(33-13)32-10-5-11(27-2)17(29-4)12(6-10)28-3/h5-6,13-16,18-20,22-26H,7-9H2,1-4H3. The minimum atomic E-state index is -1.60. The predicted molar refractivity (Wildman–Crippen MR) is 110 cm³/mol. The number of hydrogen-bond acceptors (Lipinski definition) is 12. The van der Waals surface area contributed by atoms with Gasteiger partial charge in [0.15, 0.2) is 17.8 Å². The number of aliphatic hydroxyl groups excluding tert-OH is 5. The van der Waals surface area contributed by atoms with Crippen molar-refractivity contribution in [3.63, 3.8) is 0 Å². The zero-order chi connectivity index (χ0) is 24.3. The van der Waals surface area contributed by atoms with E-state index in [1.54, 1.807) is 6.92 Å². The molecule has 0 radical (unpaired) electrons. The SMILES string of the molecule is COc1cc(OC2OC(COC3OCC(C)(CO)C3O)C(O)C(O)C2O)cc(OC)c1OC. The normalized spacial score (nSPS) is 36.5. The van der Waals surface area contributed by atoms with Crippen LogP contribution < -0.4 is 18.9 Å². The molecule has 0 spiro atoms. The van der Waals surface area contributed by atoms with Crippen LogP contribution in [0.15, 0.2) is 12.1 Å². The number of methoxy groups -OCH3 is 3. The Morgan fingerprint density at radius 1 is 0.939 bits per heavy atom. The lowest BCUT2D eigenvalue weighted by Gasteiger charge is -2.40. The summed E-state index contributed by atoms with van der Waals surface area (Å²) in [7, 11) is 4.31. The lowest BCUT2D eigenvalue weighted by atomic mass is 9.88. The van der Waals surface area contributed by atoms with Gasteiger partial charge in [-0.05, 0) is 0 Å². The first-order valence-electron chi connectivity index (χ1n) is 10.4. The van der Waals surface area contributed by atoms with Crippen LogP contribution in [0, 0.1) is 5.41 Å². The quantitative estimate of drug-likeness (QED) is 0.284. The van der Waals surface area contributed by atoms with E-state index in [0.717, 1.165) is 0 Å². The fourth-order valence-corrected chi connectivity index (χ4v) is 3.66. The van der Waals surface area contributed by atoms with Gasteiger partial charge in [0, 0.05) is 17.5 Å². The highest BCUT2D eigenvalue weighted by atomic mass is 16.7. The Morgan fingerprint density at radius 3 is 2.09 bits per heavy atom. The van der Waals surface area contributed by atoms with E-state index >= 15 is 0 Å². The molecule has 0 aromatic heterocycles. The van der Waals surface area contributed by atoms with Gasteiger partial charge in [0.05, 0.1) is 41.2 Å². The first-order chi connectivity index (χ1) is 15.7. The zero-order valence-corrected chi connectivity index (χ0v) is 18.9. The molecule has 3 rings (SSSR count). The molecule has 0 saturated carbocycles. The Kier molecular flexibility index (Phi) is 8.24. The highest BCUT2D eigenvalue weighted by Crippen LogP contribution is 2.41. The summed E-state index contributed by atoms with van der Waals surface area (Å²) in [6.07, 6.45) is -9.34. The third-order valence-electron chi connectivity index (χ3n) is 5.89. The highest BCUT2D eigenvalue weighted by Gasteiger charge is 2.48. The van der Waals surface area contributed by atoms with Crippen molar-refractivity contribution in [3.05, 3.63) is 12.1 Å². The van der Waals surface area contributed by atoms with E-state index in [4.69, 9.17) is 33.2 Å². The molecular weight excluding hydrogens is 444 g/mol. The molecule has 0 amide bonds. The summed E-state index contributed by atoms with van der Waals surface area (Å²) in [4.78, 5) is 0. The molecule has 2 aliphatic heterocycles. The number of benzene rings is 1. The van der Waals surface area contributed by atoms with Crippen LogP contribution >= 0.6 is 0 Å². The third-order valence-corrected chi connectivity index (χ3v) is 5.89. The van der Waals surface area contributed by atoms with Gasteiger partial charge in [-0.1, -0.05) is 6.92 Å². The highest BCUT2D eigenvalue weighted by molar-refractivity contribution is 5.55. The maximum atomic E-state index is 10.4. The summed E-state index contributed by atoms with van der Waals surface area (Å²) in [5, 5.41) is 50.8. The third kappa shape index (κ3) is 5.12. The molecule has 0 bridgehead atoms. The van der Waals surface area contributed by atoms with Crippen LogP contribution in [0.5, 0.6) is 23.0 Å². The van der Waals surface area contributed by atoms with Gasteiger partial charge in [0.2, 0.25) is 12.0 Å². The maximum Gasteiger partial charge on any atom is 0.229 e. The van der Waals surface area contributed by atoms with Gasteiger partial charge in [-0.3, -0.25) is 0 Å². The molecule has 5 N–H and O–H groups in total. The number of aliphatic hydroxyl groups is 5. The Hall–Kier alpha value is -1.90. The second-order valence-corrected chi connectivity index (χ2v) is 8.26. The van der Waals surface area contributed by atoms with Gasteiger partial charge in [0.25, 0.3) is 0 Å². The van der Waals surface area contributed by atoms with E-state index in [1.807, 2.05) is 0 Å². The van der Waals surface area contributed by atoms with Crippen molar-refractivity contribution in [2.45, 2.75) is 50.0 Å². The number of ether oxygens (including phenoxy) is 7. The van der Waals surface area contributed by atoms with Gasteiger partial charge in [-0.2, -0.15) is 0 Å². The first-order valence-corrected chi connectivity index (χ1v) is 10.4. The molecule has 0 aliphatic carbocycles. The molecule has 2 heterocycles. The molecule has 188 valence electrons. The van der Waals surface area contributed by atoms with Crippen molar-refractivity contribution in [2.24, 2.45) is 5.41 Å². The van der Waals surface area contributed by atoms with Gasteiger partial charge in [-0.25, -0.2) is 0 Å². The van der Waals surface area contributed by atoms with Crippen molar-refractivity contribution in [1.29, 1.82) is 0 Å². The fourth-order valence-electron chi connectivity index (χ4n) is 3.66. The van der Waals surface area contributed by atoms with Gasteiger partial charge < -0.3 is 58.7 Å². The topological polar surface area (TPSA) is 166 Å². The largest absolute Gasteiger partial charge is 0.493 e. The minimum Gasteiger partial charge on any atom is -0.493 e. The zero-order valence-electron chi connectivity index (χ0n) is 18.9. The van der Waals surface area contributed by atoms with Crippen molar-refractivity contribution < 1.29 is 58.7 Å². The van der Waals surface area contributed by atoms with E-state index in [-0.39, 0.29) is 25.6 Å². The Labute approximate surface area is 191 Å². The van der Waals surface area contributed by atoms with E-state index < -0.39 is 48.5 Å². The molecule has 33 heavy (non-hydrogen) atoms.